The Balaban J connectivity index is 1.23. The van der Waals surface area contributed by atoms with E-state index in [0.29, 0.717) is 12.3 Å². The minimum absolute atomic E-state index is 0.169. The number of aromatic nitrogens is 2. The number of carbonyl (C=O) groups is 1. The van der Waals surface area contributed by atoms with E-state index in [1.807, 2.05) is 18.2 Å². The minimum Gasteiger partial charge on any atom is -0.431 e. The highest BCUT2D eigenvalue weighted by Gasteiger charge is 2.45. The lowest BCUT2D eigenvalue weighted by molar-refractivity contribution is -0.205. The van der Waals surface area contributed by atoms with Crippen molar-refractivity contribution in [3.05, 3.63) is 64.9 Å². The Bertz CT molecular complexity index is 1100. The first-order chi connectivity index (χ1) is 16.8. The number of nitrogens with zero attached hydrogens (tertiary/aromatic N) is 3. The van der Waals surface area contributed by atoms with E-state index in [-0.39, 0.29) is 17.2 Å². The Labute approximate surface area is 204 Å². The zero-order chi connectivity index (χ0) is 24.8. The third kappa shape index (κ3) is 6.68. The van der Waals surface area contributed by atoms with Gasteiger partial charge < -0.3 is 15.0 Å². The molecule has 1 N–H and O–H groups in total. The van der Waals surface area contributed by atoms with Gasteiger partial charge in [-0.1, -0.05) is 6.07 Å². The Morgan fingerprint density at radius 2 is 1.91 bits per heavy atom. The number of carbonyl (C=O) groups excluding carboxylic acids is 1. The van der Waals surface area contributed by atoms with Crippen molar-refractivity contribution in [1.82, 2.24) is 15.3 Å². The van der Waals surface area contributed by atoms with Gasteiger partial charge in [-0.3, -0.25) is 4.98 Å². The van der Waals surface area contributed by atoms with Crippen LogP contribution in [0.5, 0.6) is 0 Å². The second-order valence-corrected chi connectivity index (χ2v) is 9.18. The minimum atomic E-state index is -4.71. The van der Waals surface area contributed by atoms with Gasteiger partial charge in [0.15, 0.2) is 0 Å². The van der Waals surface area contributed by atoms with E-state index in [4.69, 9.17) is 4.98 Å². The molecule has 1 fully saturated rings. The van der Waals surface area contributed by atoms with Gasteiger partial charge in [0.05, 0.1) is 16.1 Å². The number of alkyl halides is 3. The van der Waals surface area contributed by atoms with E-state index in [0.717, 1.165) is 60.5 Å². The summed E-state index contributed by atoms with van der Waals surface area (Å²) in [6.45, 7) is 1.78. The largest absolute Gasteiger partial charge is 0.431 e. The van der Waals surface area contributed by atoms with Gasteiger partial charge in [-0.25, -0.2) is 14.2 Å². The van der Waals surface area contributed by atoms with Crippen LogP contribution in [0.1, 0.15) is 30.2 Å². The van der Waals surface area contributed by atoms with Crippen LogP contribution < -0.4 is 10.2 Å². The van der Waals surface area contributed by atoms with Crippen LogP contribution in [-0.4, -0.2) is 41.9 Å². The number of piperidine rings is 1. The number of alkyl carbamates (subject to hydrolysis) is 1. The smallest absolute Gasteiger partial charge is 0.430 e. The number of rotatable bonds is 7. The van der Waals surface area contributed by atoms with E-state index >= 15 is 0 Å². The summed E-state index contributed by atoms with van der Waals surface area (Å²) < 4.78 is 57.5. The summed E-state index contributed by atoms with van der Waals surface area (Å²) in [4.78, 5) is 22.3. The van der Waals surface area contributed by atoms with Gasteiger partial charge in [0.25, 0.3) is 0 Å². The fourth-order valence-corrected chi connectivity index (χ4v) is 4.67. The predicted molar refractivity (Wildman–Crippen MR) is 125 cm³/mol. The average molecular weight is 509 g/mol. The maximum atomic E-state index is 13.2. The summed E-state index contributed by atoms with van der Waals surface area (Å²) in [7, 11) is 0. The molecule has 0 saturated carbocycles. The molecule has 6 nitrogen and oxygen atoms in total. The molecule has 11 heteroatoms. The first-order valence-corrected chi connectivity index (χ1v) is 12.0. The second kappa shape index (κ2) is 11.0. The van der Waals surface area contributed by atoms with E-state index in [1.165, 1.54) is 17.6 Å². The van der Waals surface area contributed by atoms with Crippen LogP contribution in [0.25, 0.3) is 11.3 Å². The Morgan fingerprint density at radius 3 is 2.57 bits per heavy atom. The molecule has 1 amide bonds. The first-order valence-electron chi connectivity index (χ1n) is 11.2. The van der Waals surface area contributed by atoms with E-state index in [9.17, 15) is 22.4 Å². The van der Waals surface area contributed by atoms with Crippen molar-refractivity contribution >= 4 is 23.2 Å². The Kier molecular flexibility index (Phi) is 7.84. The summed E-state index contributed by atoms with van der Waals surface area (Å²) in [6.07, 6.45) is -4.71. The first kappa shape index (κ1) is 24.9. The molecule has 3 heterocycles. The summed E-state index contributed by atoms with van der Waals surface area (Å²) in [5.74, 6) is 0.870. The topological polar surface area (TPSA) is 67.4 Å². The molecule has 1 saturated heterocycles. The fourth-order valence-electron chi connectivity index (χ4n) is 4.00. The zero-order valence-corrected chi connectivity index (χ0v) is 19.5. The van der Waals surface area contributed by atoms with Gasteiger partial charge in [-0.05, 0) is 61.6 Å². The predicted octanol–water partition coefficient (Wildman–Crippen LogP) is 5.98. The molecule has 35 heavy (non-hydrogen) atoms. The fraction of sp³-hybridized carbons (Fsp3) is 0.375. The standard InChI is InChI=1S/C24H24F4N4O2S/c25-18-6-4-17(5-7-18)19-2-1-3-21(31-19)32-12-9-16(10-13-32)8-11-30-23(33)34-22(24(26,27)28)20-14-29-15-35-20/h1-7,14-16,22H,8-13H2,(H,30,33). The van der Waals surface area contributed by atoms with Gasteiger partial charge in [-0.2, -0.15) is 13.2 Å². The summed E-state index contributed by atoms with van der Waals surface area (Å²) >= 11 is 0.784. The molecule has 0 radical (unpaired) electrons. The number of ether oxygens (including phenoxy) is 1. The van der Waals surface area contributed by atoms with Crippen LogP contribution >= 0.6 is 11.3 Å². The molecule has 1 aromatic carbocycles. The number of anilines is 1. The summed E-state index contributed by atoms with van der Waals surface area (Å²) in [6, 6.07) is 11.9. The third-order valence-electron chi connectivity index (χ3n) is 5.87. The molecule has 0 aliphatic carbocycles. The van der Waals surface area contributed by atoms with Crippen LogP contribution in [0.15, 0.2) is 54.2 Å². The van der Waals surface area contributed by atoms with Crippen LogP contribution in [0.4, 0.5) is 28.2 Å². The number of amides is 1. The normalized spacial score (nSPS) is 15.6. The highest BCUT2D eigenvalue weighted by Crippen LogP contribution is 2.37. The van der Waals surface area contributed by atoms with Crippen molar-refractivity contribution < 1.29 is 27.1 Å². The molecule has 1 aliphatic rings. The lowest BCUT2D eigenvalue weighted by Crippen LogP contribution is -2.36. The highest BCUT2D eigenvalue weighted by molar-refractivity contribution is 7.09. The SMILES string of the molecule is O=C(NCCC1CCN(c2cccc(-c3ccc(F)cc3)n2)CC1)OC(c1cncs1)C(F)(F)F. The molecule has 1 unspecified atom stereocenters. The molecule has 0 bridgehead atoms. The Morgan fingerprint density at radius 1 is 1.17 bits per heavy atom. The van der Waals surface area contributed by atoms with E-state index in [2.05, 4.69) is 19.9 Å². The third-order valence-corrected chi connectivity index (χ3v) is 6.69. The number of benzene rings is 1. The lowest BCUT2D eigenvalue weighted by Gasteiger charge is -2.33. The molecule has 1 aliphatic heterocycles. The van der Waals surface area contributed by atoms with Crippen LogP contribution in [0, 0.1) is 11.7 Å². The summed E-state index contributed by atoms with van der Waals surface area (Å²) in [5, 5.41) is 2.44. The molecule has 4 rings (SSSR count). The molecule has 0 spiro atoms. The lowest BCUT2D eigenvalue weighted by atomic mass is 9.93. The second-order valence-electron chi connectivity index (χ2n) is 8.26. The van der Waals surface area contributed by atoms with Crippen LogP contribution in [0.2, 0.25) is 0 Å². The van der Waals surface area contributed by atoms with Crippen molar-refractivity contribution in [2.24, 2.45) is 5.92 Å². The Hall–Kier alpha value is -3.21. The number of thiazole rings is 1. The van der Waals surface area contributed by atoms with Gasteiger partial charge in [0, 0.05) is 31.4 Å². The molecule has 1 atom stereocenters. The number of pyridine rings is 1. The van der Waals surface area contributed by atoms with E-state index < -0.39 is 18.4 Å². The summed E-state index contributed by atoms with van der Waals surface area (Å²) in [5.41, 5.74) is 2.86. The van der Waals surface area contributed by atoms with Crippen LogP contribution in [0.3, 0.4) is 0 Å². The molecular weight excluding hydrogens is 484 g/mol. The maximum absolute atomic E-state index is 13.2. The highest BCUT2D eigenvalue weighted by atomic mass is 32.1. The van der Waals surface area contributed by atoms with E-state index in [1.54, 1.807) is 12.1 Å². The molecular formula is C24H24F4N4O2S. The zero-order valence-electron chi connectivity index (χ0n) is 18.7. The van der Waals surface area contributed by atoms with Crippen molar-refractivity contribution in [2.45, 2.75) is 31.5 Å². The number of halogens is 4. The molecule has 3 aromatic rings. The molecule has 186 valence electrons. The monoisotopic (exact) mass is 508 g/mol. The van der Waals surface area contributed by atoms with Crippen molar-refractivity contribution in [3.8, 4) is 11.3 Å². The quantitative estimate of drug-likeness (QED) is 0.398. The maximum Gasteiger partial charge on any atom is 0.430 e. The number of hydrogen-bond acceptors (Lipinski definition) is 6. The number of nitrogens with one attached hydrogen (secondary N) is 1. The van der Waals surface area contributed by atoms with Gasteiger partial charge in [0.1, 0.15) is 11.6 Å². The average Bonchev–Trinajstić information content (AvgIpc) is 3.37. The van der Waals surface area contributed by atoms with Gasteiger partial charge in [-0.15, -0.1) is 11.3 Å². The van der Waals surface area contributed by atoms with Crippen molar-refractivity contribution in [1.29, 1.82) is 0 Å². The molecule has 2 aromatic heterocycles. The van der Waals surface area contributed by atoms with Gasteiger partial charge >= 0.3 is 12.3 Å². The van der Waals surface area contributed by atoms with Crippen LogP contribution in [-0.2, 0) is 4.74 Å². The van der Waals surface area contributed by atoms with Crippen molar-refractivity contribution in [3.63, 3.8) is 0 Å². The van der Waals surface area contributed by atoms with Gasteiger partial charge in [0.2, 0.25) is 6.10 Å². The number of hydrogen-bond donors (Lipinski definition) is 1. The van der Waals surface area contributed by atoms with Crippen molar-refractivity contribution in [2.75, 3.05) is 24.5 Å².